The average molecular weight is 224 g/mol. The Morgan fingerprint density at radius 1 is 0.625 bits per heavy atom. The molecule has 0 rings (SSSR count). The van der Waals surface area contributed by atoms with Gasteiger partial charge in [0.25, 0.3) is 5.96 Å². The maximum atomic E-state index is 4.02. The van der Waals surface area contributed by atoms with E-state index in [0.29, 0.717) is 5.96 Å². The van der Waals surface area contributed by atoms with Gasteiger partial charge in [0.1, 0.15) is 0 Å². The first-order chi connectivity index (χ1) is 7.41. The molecule has 0 aromatic heterocycles. The van der Waals surface area contributed by atoms with Gasteiger partial charge in [-0.1, -0.05) is 0 Å². The predicted molar refractivity (Wildman–Crippen MR) is 70.1 cm³/mol. The number of nitrogens with zero attached hydrogens (tertiary/aromatic N) is 4. The molecule has 0 spiro atoms. The Hall–Kier alpha value is -1.72. The average Bonchev–Trinajstić information content (AvgIpc) is 2.15. The second kappa shape index (κ2) is 7.56. The van der Waals surface area contributed by atoms with Gasteiger partial charge in [0.15, 0.2) is 0 Å². The minimum absolute atomic E-state index is 0.392. The Labute approximate surface area is 96.6 Å². The van der Waals surface area contributed by atoms with Gasteiger partial charge in [-0.2, -0.15) is 15.3 Å². The van der Waals surface area contributed by atoms with E-state index in [1.165, 1.54) is 0 Å². The summed E-state index contributed by atoms with van der Waals surface area (Å²) >= 11 is 0. The summed E-state index contributed by atoms with van der Waals surface area (Å²) < 4.78 is 0. The maximum absolute atomic E-state index is 4.02. The van der Waals surface area contributed by atoms with Crippen LogP contribution in [0.5, 0.6) is 0 Å². The summed E-state index contributed by atoms with van der Waals surface area (Å²) in [7, 11) is 0. The zero-order valence-corrected chi connectivity index (χ0v) is 10.8. The van der Waals surface area contributed by atoms with E-state index in [4.69, 9.17) is 0 Å². The van der Waals surface area contributed by atoms with Crippen molar-refractivity contribution >= 4 is 23.1 Å². The third-order valence-corrected chi connectivity index (χ3v) is 1.12. The van der Waals surface area contributed by atoms with E-state index in [9.17, 15) is 0 Å². The quantitative estimate of drug-likeness (QED) is 0.435. The zero-order chi connectivity index (χ0) is 12.6. The Morgan fingerprint density at radius 2 is 1.06 bits per heavy atom. The van der Waals surface area contributed by atoms with Gasteiger partial charge in [-0.25, -0.2) is 10.9 Å². The summed E-state index contributed by atoms with van der Waals surface area (Å²) in [4.78, 5) is 0. The van der Waals surface area contributed by atoms with Crippen molar-refractivity contribution in [3.8, 4) is 0 Å². The van der Waals surface area contributed by atoms with Gasteiger partial charge in [0.05, 0.1) is 0 Å². The van der Waals surface area contributed by atoms with Crippen LogP contribution in [0.2, 0.25) is 0 Å². The molecule has 90 valence electrons. The van der Waals surface area contributed by atoms with Crippen molar-refractivity contribution in [2.75, 3.05) is 0 Å². The largest absolute Gasteiger partial charge is 0.257 e. The molecular formula is C10H20N6. The van der Waals surface area contributed by atoms with Crippen LogP contribution in [0.4, 0.5) is 0 Å². The first-order valence-corrected chi connectivity index (χ1v) is 5.04. The molecule has 0 radical (unpaired) electrons. The van der Waals surface area contributed by atoms with Gasteiger partial charge in [-0.05, 0) is 41.5 Å². The normalized spacial score (nSPS) is 8.62. The zero-order valence-electron chi connectivity index (χ0n) is 10.8. The molecule has 0 bridgehead atoms. The molecule has 0 aromatic carbocycles. The molecular weight excluding hydrogens is 204 g/mol. The Morgan fingerprint density at radius 3 is 1.38 bits per heavy atom. The highest BCUT2D eigenvalue weighted by Gasteiger charge is 1.94. The molecule has 0 fully saturated rings. The highest BCUT2D eigenvalue weighted by molar-refractivity contribution is 5.87. The minimum atomic E-state index is 0.392. The predicted octanol–water partition coefficient (Wildman–Crippen LogP) is 1.71. The highest BCUT2D eigenvalue weighted by atomic mass is 15.5. The van der Waals surface area contributed by atoms with Crippen molar-refractivity contribution in [3.63, 3.8) is 0 Å². The smallest absolute Gasteiger partial charge is 0.244 e. The minimum Gasteiger partial charge on any atom is -0.244 e. The van der Waals surface area contributed by atoms with Gasteiger partial charge in [-0.3, -0.25) is 0 Å². The van der Waals surface area contributed by atoms with Gasteiger partial charge in [0, 0.05) is 17.1 Å². The van der Waals surface area contributed by atoms with E-state index in [1.807, 2.05) is 41.5 Å². The van der Waals surface area contributed by atoms with Crippen molar-refractivity contribution in [1.82, 2.24) is 10.9 Å². The number of hydrogen-bond acceptors (Lipinski definition) is 4. The van der Waals surface area contributed by atoms with Crippen LogP contribution in [0, 0.1) is 0 Å². The van der Waals surface area contributed by atoms with Crippen LogP contribution in [-0.2, 0) is 0 Å². The third kappa shape index (κ3) is 8.86. The van der Waals surface area contributed by atoms with Crippen molar-refractivity contribution < 1.29 is 0 Å². The Kier molecular flexibility index (Phi) is 6.74. The molecule has 0 atom stereocenters. The monoisotopic (exact) mass is 224 g/mol. The summed E-state index contributed by atoms with van der Waals surface area (Å²) in [5.74, 6) is 0.392. The molecule has 16 heavy (non-hydrogen) atoms. The summed E-state index contributed by atoms with van der Waals surface area (Å²) in [5.41, 5.74) is 8.13. The van der Waals surface area contributed by atoms with Gasteiger partial charge in [0.2, 0.25) is 0 Å². The Balaban J connectivity index is 4.64. The lowest BCUT2D eigenvalue weighted by molar-refractivity contribution is 0.879. The summed E-state index contributed by atoms with van der Waals surface area (Å²) in [5, 5.41) is 15.9. The molecule has 2 N–H and O–H groups in total. The van der Waals surface area contributed by atoms with Crippen LogP contribution in [0.25, 0.3) is 0 Å². The maximum Gasteiger partial charge on any atom is 0.257 e. The van der Waals surface area contributed by atoms with Crippen LogP contribution in [0.15, 0.2) is 20.4 Å². The van der Waals surface area contributed by atoms with Crippen molar-refractivity contribution in [1.29, 1.82) is 0 Å². The molecule has 0 aliphatic carbocycles. The SMILES string of the molecule is CC(C)=NN=C(NN=C(C)C)NN=C(C)C. The van der Waals surface area contributed by atoms with E-state index in [2.05, 4.69) is 31.3 Å². The van der Waals surface area contributed by atoms with E-state index < -0.39 is 0 Å². The second-order valence-corrected chi connectivity index (χ2v) is 3.84. The van der Waals surface area contributed by atoms with Crippen LogP contribution in [-0.4, -0.2) is 23.1 Å². The van der Waals surface area contributed by atoms with Gasteiger partial charge < -0.3 is 0 Å². The van der Waals surface area contributed by atoms with E-state index in [0.717, 1.165) is 17.1 Å². The fourth-order valence-electron chi connectivity index (χ4n) is 0.549. The van der Waals surface area contributed by atoms with E-state index in [1.54, 1.807) is 0 Å². The van der Waals surface area contributed by atoms with Crippen LogP contribution in [0.1, 0.15) is 41.5 Å². The molecule has 0 heterocycles. The number of hydrogen-bond donors (Lipinski definition) is 2. The fourth-order valence-corrected chi connectivity index (χ4v) is 0.549. The summed E-state index contributed by atoms with van der Waals surface area (Å²) in [6.07, 6.45) is 0. The van der Waals surface area contributed by atoms with E-state index >= 15 is 0 Å². The number of rotatable bonds is 3. The number of nitrogens with one attached hydrogen (secondary N) is 2. The van der Waals surface area contributed by atoms with Gasteiger partial charge >= 0.3 is 0 Å². The lowest BCUT2D eigenvalue weighted by atomic mass is 10.5. The lowest BCUT2D eigenvalue weighted by Crippen LogP contribution is -2.31. The van der Waals surface area contributed by atoms with Crippen LogP contribution >= 0.6 is 0 Å². The number of guanidine groups is 1. The second-order valence-electron chi connectivity index (χ2n) is 3.84. The molecule has 0 aromatic rings. The molecule has 6 nitrogen and oxygen atoms in total. The van der Waals surface area contributed by atoms with Crippen LogP contribution in [0.3, 0.4) is 0 Å². The molecule has 0 unspecified atom stereocenters. The fraction of sp³-hybridized carbons (Fsp3) is 0.600. The first kappa shape index (κ1) is 14.3. The lowest BCUT2D eigenvalue weighted by Gasteiger charge is -2.03. The molecule has 0 aliphatic heterocycles. The molecule has 0 saturated carbocycles. The highest BCUT2D eigenvalue weighted by Crippen LogP contribution is 1.81. The van der Waals surface area contributed by atoms with E-state index in [-0.39, 0.29) is 0 Å². The Bertz CT molecular complexity index is 303. The first-order valence-electron chi connectivity index (χ1n) is 5.04. The molecule has 0 aliphatic rings. The standard InChI is InChI=1S/C10H20N6/c1-7(2)11-14-10(15-12-8(3)4)16-13-9(5)6/h1-6H3,(H2,14,15,16). The van der Waals surface area contributed by atoms with Crippen molar-refractivity contribution in [2.45, 2.75) is 41.5 Å². The topological polar surface area (TPSA) is 73.5 Å². The van der Waals surface area contributed by atoms with Crippen molar-refractivity contribution in [2.24, 2.45) is 20.4 Å². The third-order valence-electron chi connectivity index (χ3n) is 1.12. The van der Waals surface area contributed by atoms with Gasteiger partial charge in [-0.15, -0.1) is 5.10 Å². The molecule has 0 amide bonds. The summed E-state index contributed by atoms with van der Waals surface area (Å²) in [6.45, 7) is 11.3. The number of hydrazone groups is 2. The molecule has 6 heteroatoms. The van der Waals surface area contributed by atoms with Crippen LogP contribution < -0.4 is 10.9 Å². The summed E-state index contributed by atoms with van der Waals surface area (Å²) in [6, 6.07) is 0. The van der Waals surface area contributed by atoms with Crippen molar-refractivity contribution in [3.05, 3.63) is 0 Å². The molecule has 0 saturated heterocycles.